The topological polar surface area (TPSA) is 0 Å². The maximum atomic E-state index is 2.48. The van der Waals surface area contributed by atoms with Crippen LogP contribution in [-0.2, 0) is 0 Å². The molecular formula is C9H14. The average molecular weight is 122 g/mol. The van der Waals surface area contributed by atoms with E-state index < -0.39 is 0 Å². The first-order valence-electron chi connectivity index (χ1n) is 3.90. The van der Waals surface area contributed by atoms with E-state index in [-0.39, 0.29) is 0 Å². The Hall–Kier alpha value is -0.260. The lowest BCUT2D eigenvalue weighted by Crippen LogP contribution is -2.09. The molecule has 0 aromatic rings. The molecule has 9 heavy (non-hydrogen) atoms. The number of rotatable bonds is 0. The van der Waals surface area contributed by atoms with Crippen molar-refractivity contribution >= 4 is 0 Å². The van der Waals surface area contributed by atoms with Crippen LogP contribution in [0.4, 0.5) is 0 Å². The molecule has 0 spiro atoms. The molecule has 0 aromatic heterocycles. The average Bonchev–Trinajstić information content (AvgIpc) is 2.22. The number of hydrogen-bond donors (Lipinski definition) is 0. The predicted molar refractivity (Wildman–Crippen MR) is 39.2 cm³/mol. The predicted octanol–water partition coefficient (Wildman–Crippen LogP) is 2.75. The summed E-state index contributed by atoms with van der Waals surface area (Å²) in [4.78, 5) is 0. The van der Waals surface area contributed by atoms with E-state index in [4.69, 9.17) is 0 Å². The van der Waals surface area contributed by atoms with E-state index >= 15 is 0 Å². The zero-order valence-corrected chi connectivity index (χ0v) is 6.28. The zero-order valence-electron chi connectivity index (χ0n) is 6.28. The summed E-state index contributed by atoms with van der Waals surface area (Å²) in [7, 11) is 0. The van der Waals surface area contributed by atoms with E-state index in [9.17, 15) is 0 Å². The standard InChI is InChI=1S/C9H14/c1-7-5-8-3-4-9(7,2)6-8/h5,8H,3-4,6H2,1-2H3. The van der Waals surface area contributed by atoms with Crippen molar-refractivity contribution < 1.29 is 0 Å². The molecule has 0 heteroatoms. The molecule has 2 unspecified atom stereocenters. The Kier molecular flexibility index (Phi) is 0.870. The van der Waals surface area contributed by atoms with Gasteiger partial charge in [0.25, 0.3) is 0 Å². The molecule has 2 aliphatic rings. The van der Waals surface area contributed by atoms with Crippen molar-refractivity contribution in [3.05, 3.63) is 11.6 Å². The van der Waals surface area contributed by atoms with Gasteiger partial charge in [-0.05, 0) is 37.5 Å². The molecule has 2 bridgehead atoms. The second kappa shape index (κ2) is 1.42. The van der Waals surface area contributed by atoms with E-state index in [0.717, 1.165) is 5.92 Å². The van der Waals surface area contributed by atoms with Gasteiger partial charge in [0.15, 0.2) is 0 Å². The van der Waals surface area contributed by atoms with Crippen LogP contribution in [0.1, 0.15) is 33.1 Å². The van der Waals surface area contributed by atoms with Crippen molar-refractivity contribution in [3.8, 4) is 0 Å². The van der Waals surface area contributed by atoms with Crippen LogP contribution in [0.2, 0.25) is 0 Å². The third kappa shape index (κ3) is 0.593. The highest BCUT2D eigenvalue weighted by molar-refractivity contribution is 5.23. The largest absolute Gasteiger partial charge is 0.0819 e. The SMILES string of the molecule is CC1=CC2CCC1(C)C2. The summed E-state index contributed by atoms with van der Waals surface area (Å²) in [6.07, 6.45) is 6.82. The minimum Gasteiger partial charge on any atom is -0.0819 e. The first kappa shape index (κ1) is 5.52. The highest BCUT2D eigenvalue weighted by Gasteiger charge is 2.40. The molecular weight excluding hydrogens is 108 g/mol. The molecule has 0 N–H and O–H groups in total. The van der Waals surface area contributed by atoms with Crippen molar-refractivity contribution in [3.63, 3.8) is 0 Å². The van der Waals surface area contributed by atoms with Gasteiger partial charge < -0.3 is 0 Å². The molecule has 0 aromatic carbocycles. The first-order chi connectivity index (χ1) is 4.21. The smallest absolute Gasteiger partial charge is 0.0113 e. The summed E-state index contributed by atoms with van der Waals surface area (Å²) in [6, 6.07) is 0. The Morgan fingerprint density at radius 2 is 2.44 bits per heavy atom. The molecule has 1 saturated carbocycles. The minimum absolute atomic E-state index is 0.630. The molecule has 0 amide bonds. The van der Waals surface area contributed by atoms with Crippen molar-refractivity contribution in [2.75, 3.05) is 0 Å². The van der Waals surface area contributed by atoms with Gasteiger partial charge in [-0.1, -0.05) is 18.6 Å². The van der Waals surface area contributed by atoms with Gasteiger partial charge in [0, 0.05) is 0 Å². The van der Waals surface area contributed by atoms with Gasteiger partial charge in [-0.2, -0.15) is 0 Å². The fraction of sp³-hybridized carbons (Fsp3) is 0.778. The Labute approximate surface area is 57.0 Å². The maximum Gasteiger partial charge on any atom is -0.0113 e. The maximum absolute atomic E-state index is 2.48. The second-order valence-electron chi connectivity index (χ2n) is 3.91. The lowest BCUT2D eigenvalue weighted by Gasteiger charge is -2.21. The summed E-state index contributed by atoms with van der Waals surface area (Å²) in [6.45, 7) is 4.70. The molecule has 2 rings (SSSR count). The van der Waals surface area contributed by atoms with Crippen molar-refractivity contribution in [2.45, 2.75) is 33.1 Å². The Balaban J connectivity index is 2.37. The van der Waals surface area contributed by atoms with Crippen LogP contribution in [0.3, 0.4) is 0 Å². The molecule has 0 saturated heterocycles. The molecule has 2 aliphatic carbocycles. The normalized spacial score (nSPS) is 47.8. The Morgan fingerprint density at radius 1 is 1.67 bits per heavy atom. The summed E-state index contributed by atoms with van der Waals surface area (Å²) in [5.74, 6) is 0.954. The first-order valence-corrected chi connectivity index (χ1v) is 3.90. The van der Waals surface area contributed by atoms with Crippen LogP contribution in [0.5, 0.6) is 0 Å². The molecule has 50 valence electrons. The van der Waals surface area contributed by atoms with E-state index in [1.165, 1.54) is 19.3 Å². The summed E-state index contributed by atoms with van der Waals surface area (Å²) >= 11 is 0. The number of hydrogen-bond acceptors (Lipinski definition) is 0. The van der Waals surface area contributed by atoms with Crippen LogP contribution in [-0.4, -0.2) is 0 Å². The fourth-order valence-electron chi connectivity index (χ4n) is 2.34. The summed E-state index contributed by atoms with van der Waals surface area (Å²) in [5.41, 5.74) is 2.28. The number of allylic oxidation sites excluding steroid dienone is 2. The molecule has 0 radical (unpaired) electrons. The minimum atomic E-state index is 0.630. The summed E-state index contributed by atoms with van der Waals surface area (Å²) in [5, 5.41) is 0. The van der Waals surface area contributed by atoms with Gasteiger partial charge in [0.1, 0.15) is 0 Å². The van der Waals surface area contributed by atoms with Gasteiger partial charge in [-0.15, -0.1) is 0 Å². The Morgan fingerprint density at radius 3 is 2.67 bits per heavy atom. The third-order valence-electron chi connectivity index (χ3n) is 3.22. The van der Waals surface area contributed by atoms with Crippen molar-refractivity contribution in [1.29, 1.82) is 0 Å². The Bertz CT molecular complexity index is 167. The van der Waals surface area contributed by atoms with E-state index in [1.807, 2.05) is 0 Å². The van der Waals surface area contributed by atoms with Crippen LogP contribution < -0.4 is 0 Å². The van der Waals surface area contributed by atoms with Gasteiger partial charge in [-0.25, -0.2) is 0 Å². The molecule has 1 fully saturated rings. The molecule has 0 heterocycles. The van der Waals surface area contributed by atoms with Gasteiger partial charge >= 0.3 is 0 Å². The molecule has 0 aliphatic heterocycles. The highest BCUT2D eigenvalue weighted by Crippen LogP contribution is 2.52. The number of fused-ring (bicyclic) bond motifs is 2. The zero-order chi connectivity index (χ0) is 6.48. The third-order valence-corrected chi connectivity index (χ3v) is 3.22. The highest BCUT2D eigenvalue weighted by atomic mass is 14.4. The van der Waals surface area contributed by atoms with E-state index in [0.29, 0.717) is 5.41 Å². The van der Waals surface area contributed by atoms with Crippen LogP contribution in [0.25, 0.3) is 0 Å². The van der Waals surface area contributed by atoms with E-state index in [1.54, 1.807) is 5.57 Å². The quantitative estimate of drug-likeness (QED) is 0.433. The van der Waals surface area contributed by atoms with Gasteiger partial charge in [-0.3, -0.25) is 0 Å². The van der Waals surface area contributed by atoms with E-state index in [2.05, 4.69) is 19.9 Å². The van der Waals surface area contributed by atoms with Crippen molar-refractivity contribution in [1.82, 2.24) is 0 Å². The second-order valence-corrected chi connectivity index (χ2v) is 3.91. The van der Waals surface area contributed by atoms with Crippen LogP contribution in [0.15, 0.2) is 11.6 Å². The molecule has 0 nitrogen and oxygen atoms in total. The van der Waals surface area contributed by atoms with Gasteiger partial charge in [0.2, 0.25) is 0 Å². The van der Waals surface area contributed by atoms with Gasteiger partial charge in [0.05, 0.1) is 0 Å². The van der Waals surface area contributed by atoms with Crippen LogP contribution in [0, 0.1) is 11.3 Å². The summed E-state index contributed by atoms with van der Waals surface area (Å²) < 4.78 is 0. The lowest BCUT2D eigenvalue weighted by atomic mass is 9.84. The van der Waals surface area contributed by atoms with Crippen molar-refractivity contribution in [2.24, 2.45) is 11.3 Å². The fourth-order valence-corrected chi connectivity index (χ4v) is 2.34. The van der Waals surface area contributed by atoms with Crippen LogP contribution >= 0.6 is 0 Å². The monoisotopic (exact) mass is 122 g/mol. The lowest BCUT2D eigenvalue weighted by molar-refractivity contribution is 0.425. The molecule has 2 atom stereocenters.